The number of ether oxygens (including phenoxy) is 1. The summed E-state index contributed by atoms with van der Waals surface area (Å²) in [5.74, 6) is 1.58. The Morgan fingerprint density at radius 2 is 1.55 bits per heavy atom. The molecule has 0 radical (unpaired) electrons. The zero-order valence-corrected chi connectivity index (χ0v) is 24.9. The van der Waals surface area contributed by atoms with E-state index in [1.807, 2.05) is 60.8 Å². The van der Waals surface area contributed by atoms with E-state index in [9.17, 15) is 0 Å². The molecule has 0 spiro atoms. The van der Waals surface area contributed by atoms with Crippen LogP contribution in [0.5, 0.6) is 11.5 Å². The highest BCUT2D eigenvalue weighted by molar-refractivity contribution is 9.10. The van der Waals surface area contributed by atoms with Crippen molar-refractivity contribution in [3.63, 3.8) is 0 Å². The second-order valence-electron chi connectivity index (χ2n) is 10.0. The Kier molecular flexibility index (Phi) is 7.17. The van der Waals surface area contributed by atoms with Gasteiger partial charge in [0.05, 0.1) is 17.8 Å². The molecule has 200 valence electrons. The van der Waals surface area contributed by atoms with Crippen LogP contribution in [0.1, 0.15) is 40.3 Å². The molecule has 1 aliphatic heterocycles. The van der Waals surface area contributed by atoms with Crippen LogP contribution in [-0.4, -0.2) is 14.7 Å². The van der Waals surface area contributed by atoms with Crippen molar-refractivity contribution in [3.8, 4) is 17.2 Å². The van der Waals surface area contributed by atoms with Gasteiger partial charge in [0, 0.05) is 33.4 Å². The molecule has 3 aromatic carbocycles. The van der Waals surface area contributed by atoms with Crippen LogP contribution < -0.4 is 15.0 Å². The molecule has 2 aromatic heterocycles. The summed E-state index contributed by atoms with van der Waals surface area (Å²) in [4.78, 5) is 6.92. The van der Waals surface area contributed by atoms with Gasteiger partial charge in [0.15, 0.2) is 5.11 Å². The molecule has 0 amide bonds. The molecule has 0 saturated carbocycles. The molecule has 40 heavy (non-hydrogen) atoms. The van der Waals surface area contributed by atoms with Crippen LogP contribution >= 0.6 is 28.1 Å². The standard InChI is InChI=1S/C33H29BrN4OS/c1-21-10-14-27(15-11-21)39-28-16-12-25(13-17-28)38-32(31(36-33(38)40)30-9-4-5-18-35-30)29-19-22(2)37(23(29)3)26-8-6-7-24(34)20-26/h4-20,31-32H,1-3H3,(H,36,40). The van der Waals surface area contributed by atoms with Gasteiger partial charge >= 0.3 is 0 Å². The fraction of sp³-hybridized carbons (Fsp3) is 0.152. The lowest BCUT2D eigenvalue weighted by Crippen LogP contribution is -2.29. The number of halogens is 1. The Morgan fingerprint density at radius 3 is 2.23 bits per heavy atom. The molecule has 0 aliphatic carbocycles. The van der Waals surface area contributed by atoms with Gasteiger partial charge in [0.1, 0.15) is 11.5 Å². The molecule has 1 saturated heterocycles. The van der Waals surface area contributed by atoms with Crippen molar-refractivity contribution in [2.24, 2.45) is 0 Å². The highest BCUT2D eigenvalue weighted by atomic mass is 79.9. The minimum Gasteiger partial charge on any atom is -0.457 e. The minimum absolute atomic E-state index is 0.0987. The van der Waals surface area contributed by atoms with Gasteiger partial charge < -0.3 is 19.5 Å². The van der Waals surface area contributed by atoms with Crippen LogP contribution in [-0.2, 0) is 0 Å². The second kappa shape index (κ2) is 10.9. The van der Waals surface area contributed by atoms with Crippen LogP contribution in [0.4, 0.5) is 5.69 Å². The van der Waals surface area contributed by atoms with E-state index in [1.165, 1.54) is 11.1 Å². The van der Waals surface area contributed by atoms with Crippen LogP contribution in [0.15, 0.2) is 108 Å². The monoisotopic (exact) mass is 608 g/mol. The van der Waals surface area contributed by atoms with Crippen molar-refractivity contribution in [1.29, 1.82) is 0 Å². The van der Waals surface area contributed by atoms with Gasteiger partial charge in [-0.3, -0.25) is 4.98 Å². The Hall–Kier alpha value is -3.94. The van der Waals surface area contributed by atoms with E-state index in [0.717, 1.165) is 44.4 Å². The Labute approximate surface area is 248 Å². The van der Waals surface area contributed by atoms with E-state index >= 15 is 0 Å². The van der Waals surface area contributed by atoms with E-state index in [1.54, 1.807) is 0 Å². The summed E-state index contributed by atoms with van der Waals surface area (Å²) in [6, 6.07) is 32.6. The van der Waals surface area contributed by atoms with E-state index in [2.05, 4.69) is 93.9 Å². The Morgan fingerprint density at radius 1 is 0.825 bits per heavy atom. The molecule has 1 N–H and O–H groups in total. The molecule has 2 unspecified atom stereocenters. The Balaban J connectivity index is 1.41. The van der Waals surface area contributed by atoms with E-state index in [4.69, 9.17) is 21.9 Å². The first kappa shape index (κ1) is 26.3. The van der Waals surface area contributed by atoms with Gasteiger partial charge in [0.2, 0.25) is 0 Å². The van der Waals surface area contributed by atoms with E-state index < -0.39 is 0 Å². The van der Waals surface area contributed by atoms with E-state index in [-0.39, 0.29) is 12.1 Å². The maximum atomic E-state index is 6.09. The number of benzene rings is 3. The summed E-state index contributed by atoms with van der Waals surface area (Å²) in [6.45, 7) is 6.39. The smallest absolute Gasteiger partial charge is 0.174 e. The van der Waals surface area contributed by atoms with Crippen LogP contribution in [0.25, 0.3) is 5.69 Å². The van der Waals surface area contributed by atoms with Crippen LogP contribution in [0.2, 0.25) is 0 Å². The normalized spacial score (nSPS) is 16.7. The summed E-state index contributed by atoms with van der Waals surface area (Å²) in [5.41, 5.74) is 7.77. The largest absolute Gasteiger partial charge is 0.457 e. The number of anilines is 1. The number of rotatable bonds is 6. The third-order valence-electron chi connectivity index (χ3n) is 7.32. The molecular formula is C33H29BrN4OS. The minimum atomic E-state index is -0.117. The van der Waals surface area contributed by atoms with Crippen molar-refractivity contribution in [2.75, 3.05) is 4.90 Å². The predicted octanol–water partition coefficient (Wildman–Crippen LogP) is 8.53. The SMILES string of the molecule is Cc1ccc(Oc2ccc(N3C(=S)NC(c4ccccn4)C3c3cc(C)n(-c4cccc(Br)c4)c3C)cc2)cc1. The van der Waals surface area contributed by atoms with Crippen molar-refractivity contribution >= 4 is 38.9 Å². The molecule has 1 fully saturated rings. The third kappa shape index (κ3) is 5.03. The number of thiocarbonyl (C=S) groups is 1. The average molecular weight is 610 g/mol. The fourth-order valence-electron chi connectivity index (χ4n) is 5.47. The Bertz CT molecular complexity index is 1670. The molecule has 0 bridgehead atoms. The van der Waals surface area contributed by atoms with Gasteiger partial charge in [-0.05, 0) is 111 Å². The topological polar surface area (TPSA) is 42.3 Å². The first-order chi connectivity index (χ1) is 19.4. The maximum absolute atomic E-state index is 6.09. The number of nitrogens with zero attached hydrogens (tertiary/aromatic N) is 3. The molecule has 1 aliphatic rings. The first-order valence-corrected chi connectivity index (χ1v) is 14.4. The molecule has 5 nitrogen and oxygen atoms in total. The average Bonchev–Trinajstić information content (AvgIpc) is 3.45. The van der Waals surface area contributed by atoms with Crippen molar-refractivity contribution in [1.82, 2.24) is 14.9 Å². The molecule has 7 heteroatoms. The highest BCUT2D eigenvalue weighted by Crippen LogP contribution is 2.44. The maximum Gasteiger partial charge on any atom is 0.174 e. The van der Waals surface area contributed by atoms with Crippen molar-refractivity contribution in [3.05, 3.63) is 136 Å². The predicted molar refractivity (Wildman–Crippen MR) is 169 cm³/mol. The molecular weight excluding hydrogens is 580 g/mol. The van der Waals surface area contributed by atoms with E-state index in [0.29, 0.717) is 5.11 Å². The van der Waals surface area contributed by atoms with Gasteiger partial charge in [-0.15, -0.1) is 0 Å². The lowest BCUT2D eigenvalue weighted by Gasteiger charge is -2.28. The molecule has 2 atom stereocenters. The van der Waals surface area contributed by atoms with Crippen LogP contribution in [0, 0.1) is 20.8 Å². The number of hydrogen-bond donors (Lipinski definition) is 1. The summed E-state index contributed by atoms with van der Waals surface area (Å²) in [7, 11) is 0. The fourth-order valence-corrected chi connectivity index (χ4v) is 6.20. The summed E-state index contributed by atoms with van der Waals surface area (Å²) in [6.07, 6.45) is 1.84. The first-order valence-electron chi connectivity index (χ1n) is 13.2. The molecule has 5 aromatic rings. The lowest BCUT2D eigenvalue weighted by molar-refractivity contribution is 0.482. The zero-order valence-electron chi connectivity index (χ0n) is 22.5. The molecule has 3 heterocycles. The van der Waals surface area contributed by atoms with Gasteiger partial charge in [0.25, 0.3) is 0 Å². The van der Waals surface area contributed by atoms with Gasteiger partial charge in [-0.25, -0.2) is 0 Å². The number of pyridine rings is 1. The lowest BCUT2D eigenvalue weighted by atomic mass is 9.96. The number of aryl methyl sites for hydroxylation is 2. The van der Waals surface area contributed by atoms with Crippen molar-refractivity contribution < 1.29 is 4.74 Å². The number of aromatic nitrogens is 2. The zero-order chi connectivity index (χ0) is 27.8. The summed E-state index contributed by atoms with van der Waals surface area (Å²) >= 11 is 9.60. The summed E-state index contributed by atoms with van der Waals surface area (Å²) < 4.78 is 9.44. The number of hydrogen-bond acceptors (Lipinski definition) is 3. The van der Waals surface area contributed by atoms with Gasteiger partial charge in [-0.1, -0.05) is 45.8 Å². The van der Waals surface area contributed by atoms with Crippen molar-refractivity contribution in [2.45, 2.75) is 32.9 Å². The highest BCUT2D eigenvalue weighted by Gasteiger charge is 2.42. The second-order valence-corrected chi connectivity index (χ2v) is 11.3. The van der Waals surface area contributed by atoms with Gasteiger partial charge in [-0.2, -0.15) is 0 Å². The quantitative estimate of drug-likeness (QED) is 0.196. The molecule has 6 rings (SSSR count). The third-order valence-corrected chi connectivity index (χ3v) is 8.13. The number of nitrogens with one attached hydrogen (secondary N) is 1. The van der Waals surface area contributed by atoms with Crippen LogP contribution in [0.3, 0.4) is 0 Å². The summed E-state index contributed by atoms with van der Waals surface area (Å²) in [5, 5.41) is 4.25.